The zero-order valence-electron chi connectivity index (χ0n) is 19.0. The number of nitrogens with zero attached hydrogens (tertiary/aromatic N) is 5. The van der Waals surface area contributed by atoms with Crippen molar-refractivity contribution in [3.63, 3.8) is 0 Å². The number of benzene rings is 1. The number of rotatable bonds is 3. The maximum Gasteiger partial charge on any atom is 0.254 e. The van der Waals surface area contributed by atoms with Gasteiger partial charge in [0.1, 0.15) is 6.10 Å². The van der Waals surface area contributed by atoms with Gasteiger partial charge in [0, 0.05) is 55.0 Å². The molecule has 3 aromatic rings. The molecule has 0 bridgehead atoms. The molecule has 0 unspecified atom stereocenters. The van der Waals surface area contributed by atoms with E-state index in [2.05, 4.69) is 34.0 Å². The van der Waals surface area contributed by atoms with Crippen molar-refractivity contribution in [3.8, 4) is 11.1 Å². The lowest BCUT2D eigenvalue weighted by Gasteiger charge is -2.33. The first kappa shape index (κ1) is 21.3. The number of amides is 1. The maximum absolute atomic E-state index is 13.3. The Bertz CT molecular complexity index is 1180. The zero-order chi connectivity index (χ0) is 22.9. The lowest BCUT2D eigenvalue weighted by Crippen LogP contribution is -2.42. The molecular formula is C25H28N6O2. The maximum atomic E-state index is 13.3. The highest BCUT2D eigenvalue weighted by molar-refractivity contribution is 5.95. The Morgan fingerprint density at radius 3 is 2.76 bits per heavy atom. The molecule has 1 aromatic carbocycles. The molecule has 1 saturated heterocycles. The van der Waals surface area contributed by atoms with Crippen molar-refractivity contribution in [2.75, 3.05) is 43.9 Å². The number of hydrogen-bond donors (Lipinski definition) is 1. The molecule has 33 heavy (non-hydrogen) atoms. The molecule has 0 aliphatic carbocycles. The number of hydrogen-bond acceptors (Lipinski definition) is 7. The average molecular weight is 445 g/mol. The number of carbonyl (C=O) groups is 1. The van der Waals surface area contributed by atoms with Gasteiger partial charge >= 0.3 is 0 Å². The number of aryl methyl sites for hydroxylation is 2. The fraction of sp³-hybridized carbons (Fsp3) is 0.360. The van der Waals surface area contributed by atoms with Crippen molar-refractivity contribution in [1.82, 2.24) is 19.9 Å². The summed E-state index contributed by atoms with van der Waals surface area (Å²) in [5.41, 5.74) is 12.3. The highest BCUT2D eigenvalue weighted by Crippen LogP contribution is 2.29. The zero-order valence-corrected chi connectivity index (χ0v) is 19.0. The van der Waals surface area contributed by atoms with Crippen molar-refractivity contribution >= 4 is 17.5 Å². The minimum Gasteiger partial charge on any atom is -0.374 e. The number of morpholine rings is 1. The lowest BCUT2D eigenvalue weighted by molar-refractivity contribution is -0.0247. The smallest absolute Gasteiger partial charge is 0.254 e. The van der Waals surface area contributed by atoms with E-state index in [0.29, 0.717) is 19.7 Å². The topological polar surface area (TPSA) is 97.5 Å². The van der Waals surface area contributed by atoms with Gasteiger partial charge in [-0.15, -0.1) is 0 Å². The van der Waals surface area contributed by atoms with E-state index in [1.54, 1.807) is 12.4 Å². The van der Waals surface area contributed by atoms with Gasteiger partial charge in [-0.3, -0.25) is 9.78 Å². The molecule has 4 heterocycles. The van der Waals surface area contributed by atoms with Crippen molar-refractivity contribution < 1.29 is 9.53 Å². The van der Waals surface area contributed by atoms with Crippen LogP contribution in [0.5, 0.6) is 0 Å². The molecule has 8 heteroatoms. The Morgan fingerprint density at radius 2 is 1.94 bits per heavy atom. The SMILES string of the molecule is Cc1cc(-c2cnc(N)nc2)cc([C@@H]2CN(C(=O)c3ccc4c(c3)CCCN4C)CCO2)n1. The van der Waals surface area contributed by atoms with Crippen LogP contribution in [0.3, 0.4) is 0 Å². The summed E-state index contributed by atoms with van der Waals surface area (Å²) in [6.45, 7) is 4.50. The van der Waals surface area contributed by atoms with Crippen LogP contribution in [0.2, 0.25) is 0 Å². The van der Waals surface area contributed by atoms with E-state index in [-0.39, 0.29) is 18.0 Å². The minimum absolute atomic E-state index is 0.0409. The van der Waals surface area contributed by atoms with Gasteiger partial charge in [-0.2, -0.15) is 0 Å². The summed E-state index contributed by atoms with van der Waals surface area (Å²) in [6, 6.07) is 10.0. The van der Waals surface area contributed by atoms with Crippen molar-refractivity contribution in [1.29, 1.82) is 0 Å². The largest absolute Gasteiger partial charge is 0.374 e. The Balaban J connectivity index is 1.37. The second kappa shape index (κ2) is 8.78. The minimum atomic E-state index is -0.292. The number of anilines is 2. The quantitative estimate of drug-likeness (QED) is 0.663. The molecule has 0 radical (unpaired) electrons. The van der Waals surface area contributed by atoms with E-state index < -0.39 is 0 Å². The van der Waals surface area contributed by atoms with Crippen molar-refractivity contribution in [2.24, 2.45) is 0 Å². The van der Waals surface area contributed by atoms with Crippen molar-refractivity contribution in [3.05, 3.63) is 65.2 Å². The van der Waals surface area contributed by atoms with E-state index in [1.165, 1.54) is 11.3 Å². The van der Waals surface area contributed by atoms with E-state index in [4.69, 9.17) is 15.5 Å². The van der Waals surface area contributed by atoms with E-state index in [1.807, 2.05) is 30.0 Å². The summed E-state index contributed by atoms with van der Waals surface area (Å²) in [6.07, 6.45) is 5.23. The molecule has 1 atom stereocenters. The van der Waals surface area contributed by atoms with Crippen LogP contribution in [0.25, 0.3) is 11.1 Å². The molecule has 0 saturated carbocycles. The van der Waals surface area contributed by atoms with E-state index >= 15 is 0 Å². The third-order valence-corrected chi connectivity index (χ3v) is 6.34. The molecule has 5 rings (SSSR count). The third kappa shape index (κ3) is 4.39. The summed E-state index contributed by atoms with van der Waals surface area (Å²) in [5, 5.41) is 0. The molecular weight excluding hydrogens is 416 g/mol. The first-order chi connectivity index (χ1) is 16.0. The molecule has 2 aliphatic rings. The Morgan fingerprint density at radius 1 is 1.12 bits per heavy atom. The highest BCUT2D eigenvalue weighted by Gasteiger charge is 2.28. The number of pyridine rings is 1. The van der Waals surface area contributed by atoms with E-state index in [0.717, 1.165) is 47.5 Å². The fourth-order valence-electron chi connectivity index (χ4n) is 4.63. The van der Waals surface area contributed by atoms with Crippen molar-refractivity contribution in [2.45, 2.75) is 25.9 Å². The van der Waals surface area contributed by atoms with Crippen LogP contribution in [0.15, 0.2) is 42.7 Å². The second-order valence-electron chi connectivity index (χ2n) is 8.73. The van der Waals surface area contributed by atoms with Gasteiger partial charge < -0.3 is 20.3 Å². The number of carbonyl (C=O) groups excluding carboxylic acids is 1. The summed E-state index contributed by atoms with van der Waals surface area (Å²) in [4.78, 5) is 30.3. The Labute approximate surface area is 193 Å². The molecule has 1 fully saturated rings. The number of aromatic nitrogens is 3. The normalized spacial score (nSPS) is 18.2. The van der Waals surface area contributed by atoms with Gasteiger partial charge in [-0.05, 0) is 61.2 Å². The van der Waals surface area contributed by atoms with Gasteiger partial charge in [-0.25, -0.2) is 9.97 Å². The molecule has 2 N–H and O–H groups in total. The van der Waals surface area contributed by atoms with Crippen LogP contribution in [0.1, 0.15) is 39.8 Å². The van der Waals surface area contributed by atoms with Crippen LogP contribution in [-0.4, -0.2) is 59.0 Å². The summed E-state index contributed by atoms with van der Waals surface area (Å²) >= 11 is 0. The standard InChI is InChI=1S/C25H28N6O2/c1-16-10-19(20-13-27-25(26)28-14-20)12-21(29-16)23-15-31(8-9-33-23)24(32)18-5-6-22-17(11-18)4-3-7-30(22)2/h5-6,10-14,23H,3-4,7-9,15H2,1-2H3,(H2,26,27,28)/t23-/m0/s1. The summed E-state index contributed by atoms with van der Waals surface area (Å²) in [5.74, 6) is 0.280. The number of ether oxygens (including phenoxy) is 1. The molecule has 8 nitrogen and oxygen atoms in total. The van der Waals surface area contributed by atoms with Gasteiger partial charge in [0.2, 0.25) is 5.95 Å². The molecule has 2 aliphatic heterocycles. The van der Waals surface area contributed by atoms with Gasteiger partial charge in [0.05, 0.1) is 18.8 Å². The van der Waals surface area contributed by atoms with Gasteiger partial charge in [-0.1, -0.05) is 0 Å². The molecule has 0 spiro atoms. The number of nitrogen functional groups attached to an aromatic ring is 1. The summed E-state index contributed by atoms with van der Waals surface area (Å²) in [7, 11) is 2.10. The van der Waals surface area contributed by atoms with Gasteiger partial charge in [0.25, 0.3) is 5.91 Å². The highest BCUT2D eigenvalue weighted by atomic mass is 16.5. The van der Waals surface area contributed by atoms with Crippen LogP contribution in [-0.2, 0) is 11.2 Å². The van der Waals surface area contributed by atoms with Crippen LogP contribution in [0.4, 0.5) is 11.6 Å². The predicted molar refractivity (Wildman–Crippen MR) is 127 cm³/mol. The lowest BCUT2D eigenvalue weighted by atomic mass is 9.99. The van der Waals surface area contributed by atoms with Crippen LogP contribution >= 0.6 is 0 Å². The second-order valence-corrected chi connectivity index (χ2v) is 8.73. The fourth-order valence-corrected chi connectivity index (χ4v) is 4.63. The summed E-state index contributed by atoms with van der Waals surface area (Å²) < 4.78 is 6.04. The predicted octanol–water partition coefficient (Wildman–Crippen LogP) is 3.03. The van der Waals surface area contributed by atoms with Gasteiger partial charge in [0.15, 0.2) is 0 Å². The Kier molecular flexibility index (Phi) is 5.68. The van der Waals surface area contributed by atoms with E-state index in [9.17, 15) is 4.79 Å². The number of fused-ring (bicyclic) bond motifs is 1. The average Bonchev–Trinajstić information content (AvgIpc) is 2.83. The first-order valence-electron chi connectivity index (χ1n) is 11.3. The molecule has 1 amide bonds. The molecule has 2 aromatic heterocycles. The Hall–Kier alpha value is -3.52. The monoisotopic (exact) mass is 444 g/mol. The first-order valence-corrected chi connectivity index (χ1v) is 11.3. The number of nitrogens with two attached hydrogens (primary N) is 1. The van der Waals surface area contributed by atoms with Crippen LogP contribution < -0.4 is 10.6 Å². The van der Waals surface area contributed by atoms with Crippen LogP contribution in [0, 0.1) is 6.92 Å². The molecule has 170 valence electrons. The third-order valence-electron chi connectivity index (χ3n) is 6.34.